The smallest absolute Gasteiger partial charge is 0.208 e. The number of furan rings is 1. The summed E-state index contributed by atoms with van der Waals surface area (Å²) in [6.07, 6.45) is 4.22. The van der Waals surface area contributed by atoms with Gasteiger partial charge in [0.15, 0.2) is 22.7 Å². The summed E-state index contributed by atoms with van der Waals surface area (Å²) in [4.78, 5) is 0. The van der Waals surface area contributed by atoms with E-state index in [1.165, 1.54) is 7.11 Å². The van der Waals surface area contributed by atoms with Crippen molar-refractivity contribution in [1.82, 2.24) is 0 Å². The Hall–Kier alpha value is -2.10. The van der Waals surface area contributed by atoms with Gasteiger partial charge in [-0.2, -0.15) is 4.39 Å². The van der Waals surface area contributed by atoms with Gasteiger partial charge in [-0.05, 0) is 48.4 Å². The van der Waals surface area contributed by atoms with Crippen molar-refractivity contribution in [3.05, 3.63) is 41.5 Å². The van der Waals surface area contributed by atoms with E-state index >= 15 is 4.39 Å². The summed E-state index contributed by atoms with van der Waals surface area (Å²) < 4.78 is 40.0. The Morgan fingerprint density at radius 2 is 1.54 bits per heavy atom. The van der Waals surface area contributed by atoms with Crippen LogP contribution in [0.4, 0.5) is 8.78 Å². The van der Waals surface area contributed by atoms with Gasteiger partial charge in [-0.15, -0.1) is 0 Å². The summed E-state index contributed by atoms with van der Waals surface area (Å²) in [5, 5.41) is 1.18. The lowest BCUT2D eigenvalue weighted by molar-refractivity contribution is 0.342. The molecule has 1 saturated carbocycles. The Labute approximate surface area is 139 Å². The average molecular weight is 330 g/mol. The number of hydrogen-bond acceptors (Lipinski definition) is 2. The Kier molecular flexibility index (Phi) is 3.70. The highest BCUT2D eigenvalue weighted by Crippen LogP contribution is 2.41. The van der Waals surface area contributed by atoms with Gasteiger partial charge in [0.25, 0.3) is 0 Å². The molecule has 2 aromatic carbocycles. The Bertz CT molecular complexity index is 905. The minimum Gasteiger partial charge on any atom is -0.494 e. The van der Waals surface area contributed by atoms with Crippen molar-refractivity contribution in [2.24, 2.45) is 5.92 Å². The zero-order chi connectivity index (χ0) is 16.8. The van der Waals surface area contributed by atoms with Crippen LogP contribution in [-0.2, 0) is 0 Å². The highest BCUT2D eigenvalue weighted by molar-refractivity contribution is 6.05. The molecule has 0 amide bonds. The molecule has 0 saturated heterocycles. The minimum atomic E-state index is -0.585. The fraction of sp³-hybridized carbons (Fsp3) is 0.400. The summed E-state index contributed by atoms with van der Waals surface area (Å²) >= 11 is 0. The maximum atomic E-state index is 15.1. The van der Waals surface area contributed by atoms with Crippen molar-refractivity contribution in [3.8, 4) is 5.75 Å². The third-order valence-corrected chi connectivity index (χ3v) is 5.36. The molecule has 1 aliphatic rings. The number of halogens is 2. The Morgan fingerprint density at radius 1 is 0.917 bits per heavy atom. The molecule has 24 heavy (non-hydrogen) atoms. The number of methoxy groups -OCH3 is 1. The van der Waals surface area contributed by atoms with E-state index in [1.54, 1.807) is 12.1 Å². The highest BCUT2D eigenvalue weighted by atomic mass is 19.1. The predicted molar refractivity (Wildman–Crippen MR) is 90.6 cm³/mol. The second-order valence-corrected chi connectivity index (χ2v) is 6.86. The molecule has 3 aromatic rings. The quantitative estimate of drug-likeness (QED) is 0.561. The van der Waals surface area contributed by atoms with E-state index in [1.807, 2.05) is 12.1 Å². The maximum Gasteiger partial charge on any atom is 0.208 e. The van der Waals surface area contributed by atoms with Crippen LogP contribution < -0.4 is 4.74 Å². The second-order valence-electron chi connectivity index (χ2n) is 6.86. The van der Waals surface area contributed by atoms with Gasteiger partial charge in [0.2, 0.25) is 5.82 Å². The van der Waals surface area contributed by atoms with Gasteiger partial charge in [-0.3, -0.25) is 0 Å². The molecule has 2 nitrogen and oxygen atoms in total. The van der Waals surface area contributed by atoms with E-state index in [4.69, 9.17) is 9.15 Å². The number of fused-ring (bicyclic) bond motifs is 3. The van der Waals surface area contributed by atoms with Crippen LogP contribution in [0.3, 0.4) is 0 Å². The first-order valence-electron chi connectivity index (χ1n) is 8.47. The number of ether oxygens (including phenoxy) is 1. The van der Waals surface area contributed by atoms with Crippen molar-refractivity contribution in [2.75, 3.05) is 7.11 Å². The monoisotopic (exact) mass is 330 g/mol. The number of hydrogen-bond donors (Lipinski definition) is 0. The van der Waals surface area contributed by atoms with Gasteiger partial charge >= 0.3 is 0 Å². The fourth-order valence-corrected chi connectivity index (χ4v) is 3.88. The van der Waals surface area contributed by atoms with Crippen LogP contribution in [0.15, 0.2) is 28.7 Å². The molecule has 4 heteroatoms. The van der Waals surface area contributed by atoms with Gasteiger partial charge in [0.1, 0.15) is 0 Å². The normalized spacial score (nSPS) is 21.5. The largest absolute Gasteiger partial charge is 0.494 e. The van der Waals surface area contributed by atoms with E-state index in [2.05, 4.69) is 6.92 Å². The molecular weight excluding hydrogens is 310 g/mol. The Balaban J connectivity index is 1.87. The molecule has 0 aliphatic heterocycles. The van der Waals surface area contributed by atoms with Crippen molar-refractivity contribution in [3.63, 3.8) is 0 Å². The van der Waals surface area contributed by atoms with Crippen LogP contribution in [0.2, 0.25) is 0 Å². The molecule has 0 atom stereocenters. The van der Waals surface area contributed by atoms with Crippen LogP contribution in [0.5, 0.6) is 5.75 Å². The van der Waals surface area contributed by atoms with Crippen molar-refractivity contribution < 1.29 is 17.9 Å². The first kappa shape index (κ1) is 15.4. The van der Waals surface area contributed by atoms with E-state index in [0.29, 0.717) is 22.3 Å². The van der Waals surface area contributed by atoms with E-state index in [-0.39, 0.29) is 28.7 Å². The molecule has 0 N–H and O–H groups in total. The van der Waals surface area contributed by atoms with Crippen LogP contribution in [-0.4, -0.2) is 7.11 Å². The van der Waals surface area contributed by atoms with Gasteiger partial charge in [-0.25, -0.2) is 4.39 Å². The highest BCUT2D eigenvalue weighted by Gasteiger charge is 2.25. The number of benzene rings is 2. The van der Waals surface area contributed by atoms with Gasteiger partial charge in [0, 0.05) is 10.8 Å². The predicted octanol–water partition coefficient (Wildman–Crippen LogP) is 6.17. The average Bonchev–Trinajstić information content (AvgIpc) is 2.97. The van der Waals surface area contributed by atoms with Crippen LogP contribution in [0, 0.1) is 17.6 Å². The van der Waals surface area contributed by atoms with Gasteiger partial charge < -0.3 is 9.15 Å². The van der Waals surface area contributed by atoms with Crippen molar-refractivity contribution >= 4 is 21.9 Å². The number of rotatable bonds is 2. The summed E-state index contributed by atoms with van der Waals surface area (Å²) in [6, 6.07) is 6.95. The summed E-state index contributed by atoms with van der Waals surface area (Å²) in [6.45, 7) is 2.24. The van der Waals surface area contributed by atoms with Gasteiger partial charge in [0.05, 0.1) is 7.11 Å². The van der Waals surface area contributed by atoms with E-state index < -0.39 is 5.82 Å². The summed E-state index contributed by atoms with van der Waals surface area (Å²) in [5.41, 5.74) is 0.895. The molecule has 126 valence electrons. The molecule has 0 spiro atoms. The van der Waals surface area contributed by atoms with E-state index in [0.717, 1.165) is 25.7 Å². The maximum absolute atomic E-state index is 15.1. The molecule has 1 heterocycles. The third kappa shape index (κ3) is 2.27. The molecule has 1 aliphatic carbocycles. The summed E-state index contributed by atoms with van der Waals surface area (Å²) in [7, 11) is 1.40. The summed E-state index contributed by atoms with van der Waals surface area (Å²) in [5.74, 6) is 0.0997. The van der Waals surface area contributed by atoms with Crippen molar-refractivity contribution in [1.29, 1.82) is 0 Å². The van der Waals surface area contributed by atoms with Crippen LogP contribution in [0.1, 0.15) is 44.1 Å². The molecule has 1 aromatic heterocycles. The molecular formula is C20H20F2O2. The standard InChI is InChI=1S/C20H20F2O2/c1-11-3-5-12(6-4-11)13-7-8-14-15-9-10-16(23-2)18(22)20(15)24-19(14)17(13)21/h7-12H,3-6H2,1-2H3. The second kappa shape index (κ2) is 5.76. The van der Waals surface area contributed by atoms with Crippen LogP contribution in [0.25, 0.3) is 21.9 Å². The topological polar surface area (TPSA) is 22.4 Å². The van der Waals surface area contributed by atoms with E-state index in [9.17, 15) is 4.39 Å². The molecule has 0 unspecified atom stereocenters. The molecule has 0 radical (unpaired) electrons. The fourth-order valence-electron chi connectivity index (χ4n) is 3.88. The zero-order valence-corrected chi connectivity index (χ0v) is 13.9. The third-order valence-electron chi connectivity index (χ3n) is 5.36. The molecule has 4 rings (SSSR count). The van der Waals surface area contributed by atoms with Gasteiger partial charge in [-0.1, -0.05) is 25.8 Å². The lowest BCUT2D eigenvalue weighted by atomic mass is 9.79. The SMILES string of the molecule is COc1ccc2c(oc3c(F)c(C4CCC(C)CC4)ccc32)c1F. The Morgan fingerprint density at radius 3 is 2.21 bits per heavy atom. The first-order chi connectivity index (χ1) is 11.6. The molecule has 1 fully saturated rings. The zero-order valence-electron chi connectivity index (χ0n) is 13.9. The lowest BCUT2D eigenvalue weighted by Gasteiger charge is -2.26. The van der Waals surface area contributed by atoms with Crippen LogP contribution >= 0.6 is 0 Å². The molecule has 0 bridgehead atoms. The first-order valence-corrected chi connectivity index (χ1v) is 8.47. The van der Waals surface area contributed by atoms with Crippen molar-refractivity contribution in [2.45, 2.75) is 38.5 Å². The minimum absolute atomic E-state index is 0.0534. The lowest BCUT2D eigenvalue weighted by Crippen LogP contribution is -2.12.